The number of hydrogen-bond acceptors (Lipinski definition) is 4. The summed E-state index contributed by atoms with van der Waals surface area (Å²) in [7, 11) is 1.48. The number of nitrogens with one attached hydrogen (secondary N) is 1. The molecule has 0 aromatic heterocycles. The highest BCUT2D eigenvalue weighted by Crippen LogP contribution is 2.33. The molecule has 1 heterocycles. The van der Waals surface area contributed by atoms with Crippen LogP contribution in [0.5, 0.6) is 0 Å². The van der Waals surface area contributed by atoms with E-state index in [9.17, 15) is 4.79 Å². The van der Waals surface area contributed by atoms with Crippen molar-refractivity contribution >= 4 is 5.97 Å². The number of carbonyl (C=O) groups excluding carboxylic acids is 1. The van der Waals surface area contributed by atoms with Crippen LogP contribution in [0.2, 0.25) is 0 Å². The molecule has 4 nitrogen and oxygen atoms in total. The summed E-state index contributed by atoms with van der Waals surface area (Å²) in [5.41, 5.74) is 0. The minimum absolute atomic E-state index is 0.0600. The summed E-state index contributed by atoms with van der Waals surface area (Å²) in [4.78, 5) is 14.0. The Morgan fingerprint density at radius 3 is 2.63 bits per heavy atom. The van der Waals surface area contributed by atoms with Gasteiger partial charge in [0.25, 0.3) is 0 Å². The van der Waals surface area contributed by atoms with E-state index < -0.39 is 0 Å². The molecule has 1 N–H and O–H groups in total. The summed E-state index contributed by atoms with van der Waals surface area (Å²) in [5.74, 6) is 0.597. The van der Waals surface area contributed by atoms with Crippen LogP contribution in [-0.2, 0) is 9.53 Å². The van der Waals surface area contributed by atoms with E-state index in [1.54, 1.807) is 0 Å². The quantitative estimate of drug-likeness (QED) is 0.741. The van der Waals surface area contributed by atoms with Crippen molar-refractivity contribution in [2.24, 2.45) is 5.92 Å². The van der Waals surface area contributed by atoms with Gasteiger partial charge in [-0.25, -0.2) is 0 Å². The van der Waals surface area contributed by atoms with E-state index in [1.165, 1.54) is 52.3 Å². The third-order valence-electron chi connectivity index (χ3n) is 4.66. The number of likely N-dealkylation sites (tertiary alicyclic amines) is 1. The van der Waals surface area contributed by atoms with Gasteiger partial charge in [-0.3, -0.25) is 9.69 Å². The van der Waals surface area contributed by atoms with Crippen LogP contribution in [0.15, 0.2) is 0 Å². The second-order valence-corrected chi connectivity index (χ2v) is 6.54. The third kappa shape index (κ3) is 3.93. The average Bonchev–Trinajstić information content (AvgIpc) is 3.27. The highest BCUT2D eigenvalue weighted by atomic mass is 16.5. The maximum absolute atomic E-state index is 11.3. The first kappa shape index (κ1) is 13.4. The van der Waals surface area contributed by atoms with Gasteiger partial charge >= 0.3 is 5.97 Å². The van der Waals surface area contributed by atoms with Crippen molar-refractivity contribution in [2.45, 2.75) is 63.1 Å². The number of rotatable bonds is 6. The second kappa shape index (κ2) is 5.80. The van der Waals surface area contributed by atoms with Gasteiger partial charge in [0.15, 0.2) is 0 Å². The SMILES string of the molecule is COC(=O)CCC1CC(NC2CC2)CN(C2CC2)C1. The topological polar surface area (TPSA) is 41.6 Å². The largest absolute Gasteiger partial charge is 0.469 e. The van der Waals surface area contributed by atoms with Crippen molar-refractivity contribution in [3.63, 3.8) is 0 Å². The van der Waals surface area contributed by atoms with E-state index in [2.05, 4.69) is 10.2 Å². The smallest absolute Gasteiger partial charge is 0.305 e. The Morgan fingerprint density at radius 2 is 2.00 bits per heavy atom. The molecule has 3 rings (SSSR count). The summed E-state index contributed by atoms with van der Waals surface area (Å²) < 4.78 is 4.76. The van der Waals surface area contributed by atoms with Crippen molar-refractivity contribution in [1.29, 1.82) is 0 Å². The molecule has 108 valence electrons. The minimum Gasteiger partial charge on any atom is -0.469 e. The normalized spacial score (nSPS) is 32.3. The van der Waals surface area contributed by atoms with Crippen LogP contribution in [-0.4, -0.2) is 49.2 Å². The molecule has 19 heavy (non-hydrogen) atoms. The van der Waals surface area contributed by atoms with Gasteiger partial charge in [0, 0.05) is 37.6 Å². The molecule has 0 spiro atoms. The first-order valence-electron chi connectivity index (χ1n) is 7.81. The van der Waals surface area contributed by atoms with Crippen LogP contribution in [0.1, 0.15) is 44.9 Å². The Labute approximate surface area is 115 Å². The van der Waals surface area contributed by atoms with Crippen molar-refractivity contribution < 1.29 is 9.53 Å². The van der Waals surface area contributed by atoms with E-state index in [4.69, 9.17) is 4.74 Å². The number of esters is 1. The van der Waals surface area contributed by atoms with Crippen molar-refractivity contribution in [2.75, 3.05) is 20.2 Å². The molecular weight excluding hydrogens is 240 g/mol. The van der Waals surface area contributed by atoms with Crippen LogP contribution in [0.25, 0.3) is 0 Å². The van der Waals surface area contributed by atoms with Gasteiger partial charge in [0.2, 0.25) is 0 Å². The van der Waals surface area contributed by atoms with Gasteiger partial charge in [0.1, 0.15) is 0 Å². The zero-order valence-corrected chi connectivity index (χ0v) is 11.9. The summed E-state index contributed by atoms with van der Waals surface area (Å²) >= 11 is 0. The van der Waals surface area contributed by atoms with Crippen LogP contribution in [0.4, 0.5) is 0 Å². The Hall–Kier alpha value is -0.610. The minimum atomic E-state index is -0.0600. The third-order valence-corrected chi connectivity index (χ3v) is 4.66. The summed E-state index contributed by atoms with van der Waals surface area (Å²) in [6.45, 7) is 2.40. The molecule has 0 amide bonds. The Bertz CT molecular complexity index is 326. The summed E-state index contributed by atoms with van der Waals surface area (Å²) in [6.07, 6.45) is 8.25. The molecule has 2 saturated carbocycles. The van der Waals surface area contributed by atoms with E-state index in [1.807, 2.05) is 0 Å². The molecule has 2 aliphatic carbocycles. The number of methoxy groups -OCH3 is 1. The molecule has 4 heteroatoms. The Kier molecular flexibility index (Phi) is 4.08. The molecule has 1 aliphatic heterocycles. The van der Waals surface area contributed by atoms with E-state index >= 15 is 0 Å². The average molecular weight is 266 g/mol. The van der Waals surface area contributed by atoms with Gasteiger partial charge in [-0.15, -0.1) is 0 Å². The predicted octanol–water partition coefficient (Wildman–Crippen LogP) is 1.54. The second-order valence-electron chi connectivity index (χ2n) is 6.54. The van der Waals surface area contributed by atoms with Crippen LogP contribution >= 0.6 is 0 Å². The lowest BCUT2D eigenvalue weighted by Crippen LogP contribution is -2.50. The lowest BCUT2D eigenvalue weighted by Gasteiger charge is -2.38. The van der Waals surface area contributed by atoms with Crippen LogP contribution in [0, 0.1) is 5.92 Å². The number of ether oxygens (including phenoxy) is 1. The lowest BCUT2D eigenvalue weighted by molar-refractivity contribution is -0.141. The molecular formula is C15H26N2O2. The molecule has 2 unspecified atom stereocenters. The predicted molar refractivity (Wildman–Crippen MR) is 73.9 cm³/mol. The van der Waals surface area contributed by atoms with E-state index in [0.717, 1.165) is 18.5 Å². The van der Waals surface area contributed by atoms with Crippen LogP contribution in [0.3, 0.4) is 0 Å². The summed E-state index contributed by atoms with van der Waals surface area (Å²) in [5, 5.41) is 3.78. The first-order valence-corrected chi connectivity index (χ1v) is 7.81. The zero-order valence-electron chi connectivity index (χ0n) is 11.9. The van der Waals surface area contributed by atoms with Crippen molar-refractivity contribution in [3.05, 3.63) is 0 Å². The zero-order chi connectivity index (χ0) is 13.2. The Morgan fingerprint density at radius 1 is 1.21 bits per heavy atom. The number of nitrogens with zero attached hydrogens (tertiary/aromatic N) is 1. The van der Waals surface area contributed by atoms with Crippen molar-refractivity contribution in [1.82, 2.24) is 10.2 Å². The lowest BCUT2D eigenvalue weighted by atomic mass is 9.90. The molecule has 2 atom stereocenters. The summed E-state index contributed by atoms with van der Waals surface area (Å²) in [6, 6.07) is 2.26. The van der Waals surface area contributed by atoms with Gasteiger partial charge in [0.05, 0.1) is 7.11 Å². The molecule has 3 aliphatic rings. The maximum atomic E-state index is 11.3. The van der Waals surface area contributed by atoms with Crippen LogP contribution < -0.4 is 5.32 Å². The number of carbonyl (C=O) groups is 1. The van der Waals surface area contributed by atoms with Crippen molar-refractivity contribution in [3.8, 4) is 0 Å². The monoisotopic (exact) mass is 266 g/mol. The maximum Gasteiger partial charge on any atom is 0.305 e. The molecule has 0 bridgehead atoms. The van der Waals surface area contributed by atoms with Gasteiger partial charge in [-0.05, 0) is 44.4 Å². The van der Waals surface area contributed by atoms with Gasteiger partial charge in [-0.2, -0.15) is 0 Å². The standard InChI is InChI=1S/C15H26N2O2/c1-19-15(18)7-2-11-8-13(16-12-3-4-12)10-17(9-11)14-5-6-14/h11-14,16H,2-10H2,1H3. The van der Waals surface area contributed by atoms with Gasteiger partial charge < -0.3 is 10.1 Å². The molecule has 1 saturated heterocycles. The molecule has 0 radical (unpaired) electrons. The van der Waals surface area contributed by atoms with E-state index in [0.29, 0.717) is 18.4 Å². The fourth-order valence-corrected chi connectivity index (χ4v) is 3.32. The van der Waals surface area contributed by atoms with E-state index in [-0.39, 0.29) is 5.97 Å². The highest BCUT2D eigenvalue weighted by molar-refractivity contribution is 5.69. The van der Waals surface area contributed by atoms with Gasteiger partial charge in [-0.1, -0.05) is 0 Å². The molecule has 0 aromatic rings. The fourth-order valence-electron chi connectivity index (χ4n) is 3.32. The molecule has 3 fully saturated rings. The molecule has 0 aromatic carbocycles. The highest BCUT2D eigenvalue weighted by Gasteiger charge is 2.37. The fraction of sp³-hybridized carbons (Fsp3) is 0.933. The first-order chi connectivity index (χ1) is 9.24. The Balaban J connectivity index is 1.50. The number of piperidine rings is 1. The number of hydrogen-bond donors (Lipinski definition) is 1.